The number of hydrogen-bond acceptors (Lipinski definition) is 5. The number of aromatic nitrogens is 1. The first-order valence-corrected chi connectivity index (χ1v) is 15.5. The van der Waals surface area contributed by atoms with Gasteiger partial charge < -0.3 is 10.1 Å². The summed E-state index contributed by atoms with van der Waals surface area (Å²) in [5.74, 6) is -0.0417. The van der Waals surface area contributed by atoms with Crippen LogP contribution in [-0.2, 0) is 23.0 Å². The largest absolute Gasteiger partial charge is 0.462 e. The third-order valence-corrected chi connectivity index (χ3v) is 9.38. The number of ether oxygens (including phenoxy) is 1. The van der Waals surface area contributed by atoms with Gasteiger partial charge in [0, 0.05) is 20.3 Å². The lowest BCUT2D eigenvalue weighted by molar-refractivity contribution is 0.0526. The van der Waals surface area contributed by atoms with Gasteiger partial charge in [0.25, 0.3) is 5.91 Å². The van der Waals surface area contributed by atoms with Gasteiger partial charge in [0.15, 0.2) is 0 Å². The van der Waals surface area contributed by atoms with E-state index in [9.17, 15) is 9.59 Å². The minimum Gasteiger partial charge on any atom is -0.462 e. The molecule has 1 aliphatic carbocycles. The van der Waals surface area contributed by atoms with Crippen LogP contribution in [0.15, 0.2) is 53.0 Å². The van der Waals surface area contributed by atoms with E-state index >= 15 is 0 Å². The SMILES string of the molecule is CCOC(=O)c1c(NC(=O)c2cc(-c3ccc(C(C)(C)C)cc3)nc3ccc(Br)cc23)sc2c1CCC(CC)C2. The second kappa shape index (κ2) is 11.5. The zero-order valence-corrected chi connectivity index (χ0v) is 26.1. The summed E-state index contributed by atoms with van der Waals surface area (Å²) in [6, 6.07) is 16.0. The fraction of sp³-hybridized carbons (Fsp3) is 0.364. The van der Waals surface area contributed by atoms with Gasteiger partial charge in [-0.2, -0.15) is 0 Å². The zero-order valence-electron chi connectivity index (χ0n) is 23.7. The Labute approximate surface area is 248 Å². The van der Waals surface area contributed by atoms with Crippen LogP contribution >= 0.6 is 27.3 Å². The van der Waals surface area contributed by atoms with E-state index in [4.69, 9.17) is 9.72 Å². The summed E-state index contributed by atoms with van der Waals surface area (Å²) in [6.07, 6.45) is 3.90. The lowest BCUT2D eigenvalue weighted by atomic mass is 9.85. The predicted octanol–water partition coefficient (Wildman–Crippen LogP) is 8.97. The molecule has 0 bridgehead atoms. The van der Waals surface area contributed by atoms with E-state index in [2.05, 4.69) is 73.2 Å². The van der Waals surface area contributed by atoms with Gasteiger partial charge >= 0.3 is 5.97 Å². The number of nitrogens with zero attached hydrogens (tertiary/aromatic N) is 1. The first kappa shape index (κ1) is 28.5. The van der Waals surface area contributed by atoms with E-state index < -0.39 is 0 Å². The molecular weight excluding hydrogens is 584 g/mol. The number of halogens is 1. The van der Waals surface area contributed by atoms with Gasteiger partial charge in [-0.15, -0.1) is 11.3 Å². The molecule has 2 heterocycles. The van der Waals surface area contributed by atoms with Crippen LogP contribution in [0.1, 0.15) is 84.2 Å². The van der Waals surface area contributed by atoms with Crippen molar-refractivity contribution in [1.82, 2.24) is 4.98 Å². The molecule has 0 saturated carbocycles. The molecule has 2 aromatic heterocycles. The highest BCUT2D eigenvalue weighted by atomic mass is 79.9. The van der Waals surface area contributed by atoms with Gasteiger partial charge in [-0.1, -0.05) is 74.3 Å². The quantitative estimate of drug-likeness (QED) is 0.219. The van der Waals surface area contributed by atoms with Gasteiger partial charge in [0.05, 0.1) is 28.9 Å². The van der Waals surface area contributed by atoms with Crippen LogP contribution in [0.4, 0.5) is 5.00 Å². The number of thiophene rings is 1. The van der Waals surface area contributed by atoms with Crippen LogP contribution in [0.2, 0.25) is 0 Å². The van der Waals surface area contributed by atoms with Crippen LogP contribution in [0.3, 0.4) is 0 Å². The van der Waals surface area contributed by atoms with E-state index in [-0.39, 0.29) is 23.9 Å². The number of anilines is 1. The molecule has 208 valence electrons. The highest BCUT2D eigenvalue weighted by Gasteiger charge is 2.30. The molecule has 0 fully saturated rings. The number of amides is 1. The van der Waals surface area contributed by atoms with Crippen molar-refractivity contribution in [3.63, 3.8) is 0 Å². The maximum absolute atomic E-state index is 14.0. The van der Waals surface area contributed by atoms with Crippen molar-refractivity contribution < 1.29 is 14.3 Å². The summed E-state index contributed by atoms with van der Waals surface area (Å²) in [4.78, 5) is 33.1. The van der Waals surface area contributed by atoms with Crippen molar-refractivity contribution in [3.05, 3.63) is 80.1 Å². The number of hydrogen-bond donors (Lipinski definition) is 1. The molecule has 4 aromatic rings. The van der Waals surface area contributed by atoms with Crippen LogP contribution in [-0.4, -0.2) is 23.5 Å². The molecule has 1 amide bonds. The van der Waals surface area contributed by atoms with Gasteiger partial charge in [-0.25, -0.2) is 9.78 Å². The van der Waals surface area contributed by atoms with Gasteiger partial charge in [0.2, 0.25) is 0 Å². The molecule has 2 aromatic carbocycles. The fourth-order valence-corrected chi connectivity index (χ4v) is 7.06. The Bertz CT molecular complexity index is 1580. The van der Waals surface area contributed by atoms with Gasteiger partial charge in [0.1, 0.15) is 5.00 Å². The summed E-state index contributed by atoms with van der Waals surface area (Å²) in [6.45, 7) is 10.9. The number of esters is 1. The topological polar surface area (TPSA) is 68.3 Å². The summed E-state index contributed by atoms with van der Waals surface area (Å²) in [5, 5.41) is 4.42. The molecule has 1 atom stereocenters. The summed E-state index contributed by atoms with van der Waals surface area (Å²) >= 11 is 5.07. The van der Waals surface area contributed by atoms with E-state index in [1.807, 2.05) is 24.3 Å². The maximum Gasteiger partial charge on any atom is 0.341 e. The first-order valence-electron chi connectivity index (χ1n) is 13.9. The van der Waals surface area contributed by atoms with E-state index in [1.165, 1.54) is 21.8 Å². The second-order valence-electron chi connectivity index (χ2n) is 11.4. The average molecular weight is 620 g/mol. The standard InChI is InChI=1S/C33H35BrN2O3S/c1-6-19-8-14-23-28(16-19)40-31(29(23)32(38)39-7-2)36-30(37)25-18-27(35-26-15-13-22(34)17-24(25)26)20-9-11-21(12-10-20)33(3,4)5/h9-13,15,17-19H,6-8,14,16H2,1-5H3,(H,36,37). The average Bonchev–Trinajstić information content (AvgIpc) is 3.29. The number of benzene rings is 2. The lowest BCUT2D eigenvalue weighted by Crippen LogP contribution is -2.17. The molecule has 7 heteroatoms. The van der Waals surface area contributed by atoms with Crippen molar-refractivity contribution in [3.8, 4) is 11.3 Å². The number of rotatable bonds is 6. The van der Waals surface area contributed by atoms with Crippen LogP contribution in [0, 0.1) is 5.92 Å². The molecule has 1 aliphatic rings. The number of pyridine rings is 1. The highest BCUT2D eigenvalue weighted by Crippen LogP contribution is 2.41. The van der Waals surface area contributed by atoms with Gasteiger partial charge in [-0.3, -0.25) is 4.79 Å². The Morgan fingerprint density at radius 3 is 2.52 bits per heavy atom. The van der Waals surface area contributed by atoms with Crippen LogP contribution in [0.25, 0.3) is 22.2 Å². The van der Waals surface area contributed by atoms with Crippen molar-refractivity contribution in [2.75, 3.05) is 11.9 Å². The first-order chi connectivity index (χ1) is 19.1. The summed E-state index contributed by atoms with van der Waals surface area (Å²) in [5.41, 5.74) is 5.73. The monoisotopic (exact) mass is 618 g/mol. The number of carbonyl (C=O) groups is 2. The summed E-state index contributed by atoms with van der Waals surface area (Å²) in [7, 11) is 0. The molecule has 5 nitrogen and oxygen atoms in total. The maximum atomic E-state index is 14.0. The Morgan fingerprint density at radius 1 is 1.10 bits per heavy atom. The Morgan fingerprint density at radius 2 is 1.85 bits per heavy atom. The van der Waals surface area contributed by atoms with Crippen molar-refractivity contribution in [1.29, 1.82) is 0 Å². The molecule has 1 unspecified atom stereocenters. The highest BCUT2D eigenvalue weighted by molar-refractivity contribution is 9.10. The molecule has 0 radical (unpaired) electrons. The molecule has 5 rings (SSSR count). The number of nitrogens with one attached hydrogen (secondary N) is 1. The molecule has 40 heavy (non-hydrogen) atoms. The minimum absolute atomic E-state index is 0.0420. The van der Waals surface area contributed by atoms with E-state index in [1.54, 1.807) is 6.92 Å². The molecule has 0 aliphatic heterocycles. The lowest BCUT2D eigenvalue weighted by Gasteiger charge is -2.20. The third kappa shape index (κ3) is 5.72. The minimum atomic E-state index is -0.368. The van der Waals surface area contributed by atoms with Crippen molar-refractivity contribution >= 4 is 55.0 Å². The summed E-state index contributed by atoms with van der Waals surface area (Å²) < 4.78 is 6.29. The van der Waals surface area contributed by atoms with E-state index in [0.717, 1.165) is 57.9 Å². The second-order valence-corrected chi connectivity index (χ2v) is 13.5. The van der Waals surface area contributed by atoms with E-state index in [0.29, 0.717) is 22.0 Å². The van der Waals surface area contributed by atoms with Crippen molar-refractivity contribution in [2.24, 2.45) is 5.92 Å². The molecule has 0 saturated heterocycles. The smallest absolute Gasteiger partial charge is 0.341 e. The zero-order chi connectivity index (χ0) is 28.6. The fourth-order valence-electron chi connectivity index (χ4n) is 5.36. The molecule has 1 N–H and O–H groups in total. The number of fused-ring (bicyclic) bond motifs is 2. The number of carbonyl (C=O) groups excluding carboxylic acids is 2. The van der Waals surface area contributed by atoms with Crippen LogP contribution < -0.4 is 5.32 Å². The third-order valence-electron chi connectivity index (χ3n) is 7.71. The Kier molecular flexibility index (Phi) is 8.16. The molecular formula is C33H35BrN2O3S. The Hall–Kier alpha value is -3.03. The van der Waals surface area contributed by atoms with Crippen LogP contribution in [0.5, 0.6) is 0 Å². The Balaban J connectivity index is 1.57. The van der Waals surface area contributed by atoms with Crippen molar-refractivity contribution in [2.45, 2.75) is 65.7 Å². The predicted molar refractivity (Wildman–Crippen MR) is 168 cm³/mol. The normalized spacial score (nSPS) is 15.1. The molecule has 0 spiro atoms. The van der Waals surface area contributed by atoms with Gasteiger partial charge in [-0.05, 0) is 72.9 Å².